The van der Waals surface area contributed by atoms with Gasteiger partial charge in [-0.1, -0.05) is 12.1 Å². The molecular formula is C25H20N6OS. The average Bonchev–Trinajstić information content (AvgIpc) is 3.65. The molecule has 0 atom stereocenters. The Morgan fingerprint density at radius 1 is 1.09 bits per heavy atom. The SMILES string of the molecule is N#Cc1c(-c2cncs2)nc2n[nH]c(-c3ccco3)c2c1-c1ccc(N2CCCCC2)cc1. The molecule has 1 aliphatic rings. The smallest absolute Gasteiger partial charge is 0.182 e. The van der Waals surface area contributed by atoms with Crippen molar-refractivity contribution in [3.63, 3.8) is 0 Å². The van der Waals surface area contributed by atoms with Crippen LogP contribution in [-0.2, 0) is 0 Å². The van der Waals surface area contributed by atoms with E-state index in [0.29, 0.717) is 28.4 Å². The lowest BCUT2D eigenvalue weighted by Gasteiger charge is -2.29. The lowest BCUT2D eigenvalue weighted by Crippen LogP contribution is -2.29. The number of nitrogens with one attached hydrogen (secondary N) is 1. The number of pyridine rings is 1. The number of benzene rings is 1. The Morgan fingerprint density at radius 2 is 1.94 bits per heavy atom. The molecule has 7 nitrogen and oxygen atoms in total. The highest BCUT2D eigenvalue weighted by Gasteiger charge is 2.24. The van der Waals surface area contributed by atoms with Crippen LogP contribution in [0.5, 0.6) is 0 Å². The van der Waals surface area contributed by atoms with Crippen molar-refractivity contribution < 1.29 is 4.42 Å². The Kier molecular flexibility index (Phi) is 4.89. The fourth-order valence-corrected chi connectivity index (χ4v) is 5.17. The van der Waals surface area contributed by atoms with Gasteiger partial charge in [-0.05, 0) is 49.1 Å². The molecule has 1 N–H and O–H groups in total. The fourth-order valence-electron chi connectivity index (χ4n) is 4.55. The van der Waals surface area contributed by atoms with Gasteiger partial charge in [-0.15, -0.1) is 11.3 Å². The highest BCUT2D eigenvalue weighted by atomic mass is 32.1. The molecule has 33 heavy (non-hydrogen) atoms. The third-order valence-electron chi connectivity index (χ3n) is 6.12. The molecule has 4 aromatic heterocycles. The molecule has 8 heteroatoms. The number of aromatic nitrogens is 4. The second-order valence-electron chi connectivity index (χ2n) is 8.06. The number of aromatic amines is 1. The number of hydrogen-bond donors (Lipinski definition) is 1. The van der Waals surface area contributed by atoms with Crippen LogP contribution >= 0.6 is 11.3 Å². The largest absolute Gasteiger partial charge is 0.463 e. The van der Waals surface area contributed by atoms with Crippen LogP contribution < -0.4 is 4.90 Å². The maximum Gasteiger partial charge on any atom is 0.182 e. The number of nitrogens with zero attached hydrogens (tertiary/aromatic N) is 5. The van der Waals surface area contributed by atoms with E-state index in [9.17, 15) is 5.26 Å². The molecule has 5 heterocycles. The first-order chi connectivity index (χ1) is 16.3. The summed E-state index contributed by atoms with van der Waals surface area (Å²) in [6.45, 7) is 2.17. The summed E-state index contributed by atoms with van der Waals surface area (Å²) in [7, 11) is 0. The van der Waals surface area contributed by atoms with E-state index in [1.807, 2.05) is 12.1 Å². The van der Waals surface area contributed by atoms with Gasteiger partial charge in [0.25, 0.3) is 0 Å². The van der Waals surface area contributed by atoms with Gasteiger partial charge in [0.2, 0.25) is 0 Å². The molecule has 1 fully saturated rings. The average molecular weight is 453 g/mol. The van der Waals surface area contributed by atoms with E-state index in [1.165, 1.54) is 36.3 Å². The molecule has 0 saturated carbocycles. The Hall–Kier alpha value is -3.96. The summed E-state index contributed by atoms with van der Waals surface area (Å²) in [6.07, 6.45) is 7.12. The molecule has 0 aliphatic carbocycles. The summed E-state index contributed by atoms with van der Waals surface area (Å²) in [5.41, 5.74) is 7.06. The van der Waals surface area contributed by atoms with Gasteiger partial charge in [-0.3, -0.25) is 10.1 Å². The van der Waals surface area contributed by atoms with Crippen LogP contribution in [0.4, 0.5) is 5.69 Å². The number of piperidine rings is 1. The predicted octanol–water partition coefficient (Wildman–Crippen LogP) is 5.87. The Labute approximate surface area is 194 Å². The van der Waals surface area contributed by atoms with Crippen molar-refractivity contribution in [1.29, 1.82) is 5.26 Å². The summed E-state index contributed by atoms with van der Waals surface area (Å²) in [6, 6.07) is 14.6. The lowest BCUT2D eigenvalue weighted by molar-refractivity contribution is 0.578. The van der Waals surface area contributed by atoms with Gasteiger partial charge in [-0.25, -0.2) is 4.98 Å². The molecule has 0 unspecified atom stereocenters. The number of nitriles is 1. The molecule has 0 spiro atoms. The van der Waals surface area contributed by atoms with Crippen LogP contribution in [-0.4, -0.2) is 33.3 Å². The molecule has 1 aliphatic heterocycles. The highest BCUT2D eigenvalue weighted by Crippen LogP contribution is 2.41. The minimum atomic E-state index is 0.506. The molecule has 6 rings (SSSR count). The molecule has 162 valence electrons. The van der Waals surface area contributed by atoms with Gasteiger partial charge in [-0.2, -0.15) is 10.4 Å². The summed E-state index contributed by atoms with van der Waals surface area (Å²) < 4.78 is 5.65. The van der Waals surface area contributed by atoms with Crippen molar-refractivity contribution in [2.45, 2.75) is 19.3 Å². The zero-order chi connectivity index (χ0) is 22.2. The second-order valence-corrected chi connectivity index (χ2v) is 8.94. The van der Waals surface area contributed by atoms with Gasteiger partial charge < -0.3 is 9.32 Å². The van der Waals surface area contributed by atoms with Crippen LogP contribution in [0.2, 0.25) is 0 Å². The number of furan rings is 1. The maximum absolute atomic E-state index is 10.3. The van der Waals surface area contributed by atoms with Gasteiger partial charge in [0.15, 0.2) is 11.4 Å². The molecule has 0 bridgehead atoms. The molecule has 5 aromatic rings. The Balaban J connectivity index is 1.59. The number of rotatable bonds is 4. The van der Waals surface area contributed by atoms with Gasteiger partial charge in [0, 0.05) is 30.5 Å². The normalized spacial score (nSPS) is 14.0. The number of H-pyrrole nitrogens is 1. The third kappa shape index (κ3) is 3.38. The minimum Gasteiger partial charge on any atom is -0.463 e. The summed E-state index contributed by atoms with van der Waals surface area (Å²) in [5.74, 6) is 0.653. The molecule has 1 saturated heterocycles. The zero-order valence-electron chi connectivity index (χ0n) is 17.8. The van der Waals surface area contributed by atoms with Crippen LogP contribution in [0.3, 0.4) is 0 Å². The predicted molar refractivity (Wildman–Crippen MR) is 129 cm³/mol. The first kappa shape index (κ1) is 19.7. The molecule has 1 aromatic carbocycles. The van der Waals surface area contributed by atoms with Crippen LogP contribution in [0.1, 0.15) is 24.8 Å². The standard InChI is InChI=1S/C25H20N6OS/c26-13-18-21(16-6-8-17(9-7-16)31-10-2-1-3-11-31)22-24(19-5-4-12-32-19)29-30-25(22)28-23(18)20-14-27-15-33-20/h4-9,12,14-15H,1-3,10-11H2,(H,28,29,30). The summed E-state index contributed by atoms with van der Waals surface area (Å²) >= 11 is 1.46. The second kappa shape index (κ2) is 8.19. The van der Waals surface area contributed by atoms with E-state index in [4.69, 9.17) is 9.40 Å². The van der Waals surface area contributed by atoms with Gasteiger partial charge in [0.1, 0.15) is 17.5 Å². The van der Waals surface area contributed by atoms with Crippen molar-refractivity contribution in [3.05, 3.63) is 59.9 Å². The van der Waals surface area contributed by atoms with E-state index in [2.05, 4.69) is 50.4 Å². The highest BCUT2D eigenvalue weighted by molar-refractivity contribution is 7.13. The van der Waals surface area contributed by atoms with E-state index in [-0.39, 0.29) is 0 Å². The summed E-state index contributed by atoms with van der Waals surface area (Å²) in [5, 5.41) is 18.6. The van der Waals surface area contributed by atoms with Crippen LogP contribution in [0.15, 0.2) is 58.8 Å². The maximum atomic E-state index is 10.3. The number of thiazole rings is 1. The van der Waals surface area contributed by atoms with Crippen molar-refractivity contribution in [2.75, 3.05) is 18.0 Å². The van der Waals surface area contributed by atoms with Crippen molar-refractivity contribution in [2.24, 2.45) is 0 Å². The van der Waals surface area contributed by atoms with E-state index >= 15 is 0 Å². The lowest BCUT2D eigenvalue weighted by atomic mass is 9.94. The quantitative estimate of drug-likeness (QED) is 0.366. The Morgan fingerprint density at radius 3 is 2.64 bits per heavy atom. The molecular weight excluding hydrogens is 432 g/mol. The summed E-state index contributed by atoms with van der Waals surface area (Å²) in [4.78, 5) is 12.2. The van der Waals surface area contributed by atoms with Crippen molar-refractivity contribution >= 4 is 28.1 Å². The van der Waals surface area contributed by atoms with Crippen LogP contribution in [0.25, 0.3) is 44.2 Å². The topological polar surface area (TPSA) is 94.6 Å². The van der Waals surface area contributed by atoms with Crippen LogP contribution in [0, 0.1) is 11.3 Å². The van der Waals surface area contributed by atoms with Crippen molar-refractivity contribution in [1.82, 2.24) is 20.2 Å². The first-order valence-electron chi connectivity index (χ1n) is 10.9. The fraction of sp³-hybridized carbons (Fsp3) is 0.200. The van der Waals surface area contributed by atoms with Gasteiger partial charge in [0.05, 0.1) is 27.6 Å². The van der Waals surface area contributed by atoms with E-state index in [0.717, 1.165) is 34.5 Å². The first-order valence-corrected chi connectivity index (χ1v) is 11.8. The molecule has 0 amide bonds. The minimum absolute atomic E-state index is 0.506. The monoisotopic (exact) mass is 452 g/mol. The number of hydrogen-bond acceptors (Lipinski definition) is 7. The zero-order valence-corrected chi connectivity index (χ0v) is 18.6. The van der Waals surface area contributed by atoms with Crippen molar-refractivity contribution in [3.8, 4) is 39.2 Å². The molecule has 0 radical (unpaired) electrons. The number of fused-ring (bicyclic) bond motifs is 1. The van der Waals surface area contributed by atoms with Gasteiger partial charge >= 0.3 is 0 Å². The number of anilines is 1. The Bertz CT molecular complexity index is 1440. The third-order valence-corrected chi connectivity index (χ3v) is 6.90. The van der Waals surface area contributed by atoms with E-state index in [1.54, 1.807) is 18.0 Å². The van der Waals surface area contributed by atoms with E-state index < -0.39 is 0 Å².